The summed E-state index contributed by atoms with van der Waals surface area (Å²) in [6.07, 6.45) is 0.992. The van der Waals surface area contributed by atoms with E-state index in [-0.39, 0.29) is 23.7 Å². The Balaban J connectivity index is 3.43. The van der Waals surface area contributed by atoms with Crippen LogP contribution in [0.2, 0.25) is 0 Å². The lowest BCUT2D eigenvalue weighted by atomic mass is 9.93. The fourth-order valence-corrected chi connectivity index (χ4v) is 1.88. The van der Waals surface area contributed by atoms with Gasteiger partial charge in [-0.1, -0.05) is 6.92 Å². The molecule has 0 saturated heterocycles. The summed E-state index contributed by atoms with van der Waals surface area (Å²) >= 11 is 0. The average molecular weight is 272 g/mol. The van der Waals surface area contributed by atoms with Crippen molar-refractivity contribution in [2.45, 2.75) is 32.1 Å². The number of halogens is 2. The minimum absolute atomic E-state index is 0.155. The maximum Gasteiger partial charge on any atom is 0.270 e. The molecule has 3 nitrogen and oxygen atoms in total. The second-order valence-electron chi connectivity index (χ2n) is 4.49. The van der Waals surface area contributed by atoms with E-state index >= 15 is 0 Å². The van der Waals surface area contributed by atoms with Crippen LogP contribution in [0.3, 0.4) is 0 Å². The number of alkyl halides is 2. The summed E-state index contributed by atoms with van der Waals surface area (Å²) in [6, 6.07) is 2.63. The molecule has 19 heavy (non-hydrogen) atoms. The highest BCUT2D eigenvalue weighted by molar-refractivity contribution is 5.56. The van der Waals surface area contributed by atoms with Crippen LogP contribution in [0.4, 0.5) is 8.78 Å². The molecule has 0 aliphatic heterocycles. The maximum absolute atomic E-state index is 13.5. The summed E-state index contributed by atoms with van der Waals surface area (Å²) in [5, 5.41) is 0. The van der Waals surface area contributed by atoms with Crippen molar-refractivity contribution < 1.29 is 23.0 Å². The third kappa shape index (κ3) is 3.43. The van der Waals surface area contributed by atoms with Crippen molar-refractivity contribution >= 4 is 6.29 Å². The predicted molar refractivity (Wildman–Crippen MR) is 68.2 cm³/mol. The smallest absolute Gasteiger partial charge is 0.270 e. The van der Waals surface area contributed by atoms with Gasteiger partial charge in [0, 0.05) is 24.5 Å². The lowest BCUT2D eigenvalue weighted by Crippen LogP contribution is -2.10. The standard InChI is InChI=1S/C14H18F2O3/c1-9(5-6-17)11-7-10(14(2,15)16)8-12(18-3)13(11)19-4/h6-9H,5H2,1-4H3. The average Bonchev–Trinajstić information content (AvgIpc) is 2.36. The molecule has 0 aliphatic carbocycles. The Morgan fingerprint density at radius 3 is 2.37 bits per heavy atom. The molecule has 0 bridgehead atoms. The highest BCUT2D eigenvalue weighted by Gasteiger charge is 2.28. The van der Waals surface area contributed by atoms with Crippen LogP contribution in [0.1, 0.15) is 37.3 Å². The van der Waals surface area contributed by atoms with Crippen molar-refractivity contribution in [3.8, 4) is 11.5 Å². The number of carbonyl (C=O) groups excluding carboxylic acids is 1. The van der Waals surface area contributed by atoms with Crippen LogP contribution < -0.4 is 9.47 Å². The van der Waals surface area contributed by atoms with Gasteiger partial charge in [-0.25, -0.2) is 8.78 Å². The first-order chi connectivity index (χ1) is 8.85. The zero-order valence-electron chi connectivity index (χ0n) is 11.5. The van der Waals surface area contributed by atoms with Crippen LogP contribution >= 0.6 is 0 Å². The van der Waals surface area contributed by atoms with E-state index < -0.39 is 5.92 Å². The molecular formula is C14H18F2O3. The number of benzene rings is 1. The van der Waals surface area contributed by atoms with Gasteiger partial charge in [-0.05, 0) is 18.1 Å². The molecule has 0 N–H and O–H groups in total. The molecule has 0 fully saturated rings. The van der Waals surface area contributed by atoms with Gasteiger partial charge in [-0.2, -0.15) is 0 Å². The van der Waals surface area contributed by atoms with E-state index in [1.165, 1.54) is 26.4 Å². The van der Waals surface area contributed by atoms with Crippen molar-refractivity contribution in [3.05, 3.63) is 23.3 Å². The molecule has 106 valence electrons. The minimum atomic E-state index is -2.98. The van der Waals surface area contributed by atoms with Gasteiger partial charge in [0.1, 0.15) is 6.29 Å². The number of carbonyl (C=O) groups is 1. The Kier molecular flexibility index (Phi) is 4.86. The largest absolute Gasteiger partial charge is 0.493 e. The van der Waals surface area contributed by atoms with Gasteiger partial charge in [-0.3, -0.25) is 0 Å². The first-order valence-electron chi connectivity index (χ1n) is 5.93. The third-order valence-electron chi connectivity index (χ3n) is 3.00. The summed E-state index contributed by atoms with van der Waals surface area (Å²) in [5.74, 6) is -2.56. The quantitative estimate of drug-likeness (QED) is 0.743. The summed E-state index contributed by atoms with van der Waals surface area (Å²) < 4.78 is 37.3. The van der Waals surface area contributed by atoms with E-state index in [0.29, 0.717) is 11.3 Å². The molecule has 0 saturated carbocycles. The van der Waals surface area contributed by atoms with Gasteiger partial charge in [0.15, 0.2) is 11.5 Å². The molecule has 0 radical (unpaired) electrons. The first kappa shape index (κ1) is 15.4. The maximum atomic E-state index is 13.5. The fourth-order valence-electron chi connectivity index (χ4n) is 1.88. The van der Waals surface area contributed by atoms with Gasteiger partial charge >= 0.3 is 0 Å². The first-order valence-corrected chi connectivity index (χ1v) is 5.93. The summed E-state index contributed by atoms with van der Waals surface area (Å²) in [7, 11) is 2.84. The molecule has 1 rings (SSSR count). The molecule has 5 heteroatoms. The summed E-state index contributed by atoms with van der Waals surface area (Å²) in [5.41, 5.74) is 0.392. The van der Waals surface area contributed by atoms with E-state index in [4.69, 9.17) is 9.47 Å². The molecule has 0 aromatic heterocycles. The number of methoxy groups -OCH3 is 2. The zero-order chi connectivity index (χ0) is 14.6. The molecule has 1 unspecified atom stereocenters. The molecular weight excluding hydrogens is 254 g/mol. The topological polar surface area (TPSA) is 35.5 Å². The molecule has 0 amide bonds. The minimum Gasteiger partial charge on any atom is -0.493 e. The van der Waals surface area contributed by atoms with Crippen LogP contribution in [-0.2, 0) is 10.7 Å². The Labute approximate surface area is 111 Å². The number of rotatable bonds is 6. The normalized spacial score (nSPS) is 12.9. The molecule has 1 aromatic carbocycles. The fraction of sp³-hybridized carbons (Fsp3) is 0.500. The third-order valence-corrected chi connectivity index (χ3v) is 3.00. The lowest BCUT2D eigenvalue weighted by Gasteiger charge is -2.20. The van der Waals surface area contributed by atoms with E-state index in [2.05, 4.69) is 0 Å². The molecule has 0 spiro atoms. The SMILES string of the molecule is COc1cc(C(C)(F)F)cc(C(C)CC=O)c1OC. The number of hydrogen-bond acceptors (Lipinski definition) is 3. The van der Waals surface area contributed by atoms with Gasteiger partial charge in [0.05, 0.1) is 14.2 Å². The van der Waals surface area contributed by atoms with E-state index in [1.54, 1.807) is 6.92 Å². The van der Waals surface area contributed by atoms with Crippen LogP contribution in [-0.4, -0.2) is 20.5 Å². The molecule has 0 aliphatic rings. The Morgan fingerprint density at radius 1 is 1.32 bits per heavy atom. The molecule has 1 atom stereocenters. The molecule has 1 aromatic rings. The van der Waals surface area contributed by atoms with Crippen LogP contribution in [0, 0.1) is 0 Å². The molecule has 0 heterocycles. The zero-order valence-corrected chi connectivity index (χ0v) is 11.5. The van der Waals surface area contributed by atoms with E-state index in [9.17, 15) is 13.6 Å². The van der Waals surface area contributed by atoms with Crippen molar-refractivity contribution in [1.29, 1.82) is 0 Å². The van der Waals surface area contributed by atoms with Crippen LogP contribution in [0.15, 0.2) is 12.1 Å². The highest BCUT2D eigenvalue weighted by atomic mass is 19.3. The van der Waals surface area contributed by atoms with Crippen molar-refractivity contribution in [2.24, 2.45) is 0 Å². The van der Waals surface area contributed by atoms with Gasteiger partial charge in [0.25, 0.3) is 5.92 Å². The Morgan fingerprint density at radius 2 is 1.95 bits per heavy atom. The van der Waals surface area contributed by atoms with Gasteiger partial charge < -0.3 is 14.3 Å². The van der Waals surface area contributed by atoms with E-state index in [1.807, 2.05) is 0 Å². The second kappa shape index (κ2) is 5.99. The lowest BCUT2D eigenvalue weighted by molar-refractivity contribution is -0.108. The number of ether oxygens (including phenoxy) is 2. The monoisotopic (exact) mass is 272 g/mol. The number of aldehydes is 1. The Hall–Kier alpha value is -1.65. The van der Waals surface area contributed by atoms with Crippen LogP contribution in [0.5, 0.6) is 11.5 Å². The van der Waals surface area contributed by atoms with E-state index in [0.717, 1.165) is 13.2 Å². The van der Waals surface area contributed by atoms with Crippen LogP contribution in [0.25, 0.3) is 0 Å². The van der Waals surface area contributed by atoms with Crippen molar-refractivity contribution in [3.63, 3.8) is 0 Å². The van der Waals surface area contributed by atoms with Gasteiger partial charge in [0.2, 0.25) is 0 Å². The van der Waals surface area contributed by atoms with Gasteiger partial charge in [-0.15, -0.1) is 0 Å². The van der Waals surface area contributed by atoms with Crippen molar-refractivity contribution in [1.82, 2.24) is 0 Å². The summed E-state index contributed by atoms with van der Waals surface area (Å²) in [4.78, 5) is 10.6. The highest BCUT2D eigenvalue weighted by Crippen LogP contribution is 2.41. The van der Waals surface area contributed by atoms with Crippen molar-refractivity contribution in [2.75, 3.05) is 14.2 Å². The summed E-state index contributed by atoms with van der Waals surface area (Å²) in [6.45, 7) is 2.60. The predicted octanol–water partition coefficient (Wildman–Crippen LogP) is 3.51. The number of hydrogen-bond donors (Lipinski definition) is 0. The second-order valence-corrected chi connectivity index (χ2v) is 4.49. The Bertz CT molecular complexity index is 453.